The normalized spacial score (nSPS) is 18.3. The van der Waals surface area contributed by atoms with Crippen LogP contribution in [0.15, 0.2) is 24.3 Å². The molecular weight excluding hydrogens is 378 g/mol. The van der Waals surface area contributed by atoms with Crippen molar-refractivity contribution >= 4 is 23.8 Å². The molecule has 0 radical (unpaired) electrons. The van der Waals surface area contributed by atoms with Gasteiger partial charge in [0.1, 0.15) is 12.3 Å². The van der Waals surface area contributed by atoms with Gasteiger partial charge in [0.15, 0.2) is 6.61 Å². The van der Waals surface area contributed by atoms with E-state index in [1.165, 1.54) is 7.11 Å². The van der Waals surface area contributed by atoms with Gasteiger partial charge in [0.25, 0.3) is 11.8 Å². The average molecular weight is 405 g/mol. The van der Waals surface area contributed by atoms with Gasteiger partial charge in [0.05, 0.1) is 7.11 Å². The minimum atomic E-state index is -0.789. The number of ether oxygens (including phenoxy) is 2. The molecule has 158 valence electrons. The summed E-state index contributed by atoms with van der Waals surface area (Å²) in [5, 5.41) is 7.31. The van der Waals surface area contributed by atoms with E-state index in [2.05, 4.69) is 22.9 Å². The third kappa shape index (κ3) is 7.44. The lowest BCUT2D eigenvalue weighted by Crippen LogP contribution is -2.48. The van der Waals surface area contributed by atoms with E-state index in [1.54, 1.807) is 24.3 Å². The highest BCUT2D eigenvalue weighted by molar-refractivity contribution is 5.97. The number of methoxy groups -OCH3 is 1. The van der Waals surface area contributed by atoms with Gasteiger partial charge in [-0.15, -0.1) is 0 Å². The van der Waals surface area contributed by atoms with Crippen molar-refractivity contribution in [3.63, 3.8) is 0 Å². The van der Waals surface area contributed by atoms with Crippen molar-refractivity contribution in [3.8, 4) is 5.75 Å². The largest absolute Gasteiger partial charge is 0.497 e. The van der Waals surface area contributed by atoms with Crippen LogP contribution in [0.2, 0.25) is 0 Å². The molecule has 0 aliphatic heterocycles. The zero-order valence-electron chi connectivity index (χ0n) is 16.7. The molecule has 1 aromatic rings. The molecule has 1 aliphatic rings. The molecule has 3 N–H and O–H groups in total. The highest BCUT2D eigenvalue weighted by Crippen LogP contribution is 2.23. The SMILES string of the molecule is COc1ccc(C(=O)NCC(=O)OCC(=O)NC(=O)N[C@@H]2CCCC[C@H]2C)cc1. The predicted molar refractivity (Wildman–Crippen MR) is 104 cm³/mol. The number of urea groups is 1. The van der Waals surface area contributed by atoms with Crippen LogP contribution >= 0.6 is 0 Å². The Morgan fingerprint density at radius 2 is 1.76 bits per heavy atom. The number of nitrogens with one attached hydrogen (secondary N) is 3. The summed E-state index contributed by atoms with van der Waals surface area (Å²) < 4.78 is 9.78. The molecule has 2 rings (SSSR count). The third-order valence-electron chi connectivity index (χ3n) is 4.79. The number of benzene rings is 1. The van der Waals surface area contributed by atoms with Gasteiger partial charge < -0.3 is 20.1 Å². The fourth-order valence-corrected chi connectivity index (χ4v) is 3.09. The van der Waals surface area contributed by atoms with E-state index >= 15 is 0 Å². The second kappa shape index (κ2) is 11.0. The van der Waals surface area contributed by atoms with Crippen molar-refractivity contribution in [2.45, 2.75) is 38.6 Å². The first-order valence-electron chi connectivity index (χ1n) is 9.57. The Labute approximate surface area is 169 Å². The summed E-state index contributed by atoms with van der Waals surface area (Å²) in [4.78, 5) is 47.3. The molecule has 9 nitrogen and oxygen atoms in total. The number of amides is 4. The highest BCUT2D eigenvalue weighted by atomic mass is 16.5. The number of imide groups is 1. The number of carbonyl (C=O) groups is 4. The Morgan fingerprint density at radius 3 is 2.41 bits per heavy atom. The number of rotatable bonds is 7. The molecule has 0 aromatic heterocycles. The van der Waals surface area contributed by atoms with Crippen molar-refractivity contribution in [1.29, 1.82) is 0 Å². The molecule has 0 heterocycles. The van der Waals surface area contributed by atoms with E-state index in [9.17, 15) is 19.2 Å². The number of hydrogen-bond donors (Lipinski definition) is 3. The number of carbonyl (C=O) groups excluding carboxylic acids is 4. The molecule has 1 fully saturated rings. The lowest BCUT2D eigenvalue weighted by Gasteiger charge is -2.29. The quantitative estimate of drug-likeness (QED) is 0.589. The smallest absolute Gasteiger partial charge is 0.325 e. The first-order valence-corrected chi connectivity index (χ1v) is 9.57. The van der Waals surface area contributed by atoms with Crippen LogP contribution in [0, 0.1) is 5.92 Å². The van der Waals surface area contributed by atoms with Crippen LogP contribution in [0.4, 0.5) is 4.79 Å². The lowest BCUT2D eigenvalue weighted by molar-refractivity contribution is -0.147. The van der Waals surface area contributed by atoms with Crippen molar-refractivity contribution in [3.05, 3.63) is 29.8 Å². The maximum Gasteiger partial charge on any atom is 0.325 e. The molecule has 0 unspecified atom stereocenters. The molecule has 1 aromatic carbocycles. The van der Waals surface area contributed by atoms with Gasteiger partial charge in [-0.2, -0.15) is 0 Å². The van der Waals surface area contributed by atoms with Crippen LogP contribution in [0.1, 0.15) is 43.0 Å². The van der Waals surface area contributed by atoms with Crippen LogP contribution in [0.5, 0.6) is 5.75 Å². The van der Waals surface area contributed by atoms with Crippen molar-refractivity contribution < 1.29 is 28.7 Å². The summed E-state index contributed by atoms with van der Waals surface area (Å²) >= 11 is 0. The van der Waals surface area contributed by atoms with Gasteiger partial charge in [-0.25, -0.2) is 4.79 Å². The van der Waals surface area contributed by atoms with Gasteiger partial charge >= 0.3 is 12.0 Å². The molecule has 9 heteroatoms. The van der Waals surface area contributed by atoms with Crippen molar-refractivity contribution in [1.82, 2.24) is 16.0 Å². The summed E-state index contributed by atoms with van der Waals surface area (Å²) in [7, 11) is 1.52. The van der Waals surface area contributed by atoms with Gasteiger partial charge in [-0.1, -0.05) is 19.8 Å². The Balaban J connectivity index is 1.65. The first-order chi connectivity index (χ1) is 13.9. The molecule has 2 atom stereocenters. The number of esters is 1. The van der Waals surface area contributed by atoms with Gasteiger partial charge in [0.2, 0.25) is 0 Å². The van der Waals surface area contributed by atoms with Crippen LogP contribution < -0.4 is 20.7 Å². The second-order valence-corrected chi connectivity index (χ2v) is 6.96. The van der Waals surface area contributed by atoms with E-state index in [0.717, 1.165) is 25.7 Å². The van der Waals surface area contributed by atoms with Gasteiger partial charge in [0, 0.05) is 11.6 Å². The minimum absolute atomic E-state index is 0.0345. The van der Waals surface area contributed by atoms with Crippen LogP contribution in [0.3, 0.4) is 0 Å². The zero-order valence-corrected chi connectivity index (χ0v) is 16.7. The van der Waals surface area contributed by atoms with Crippen LogP contribution in [-0.2, 0) is 14.3 Å². The summed E-state index contributed by atoms with van der Waals surface area (Å²) in [5.74, 6) is -1.02. The van der Waals surface area contributed by atoms with Crippen LogP contribution in [-0.4, -0.2) is 50.1 Å². The average Bonchev–Trinajstić information content (AvgIpc) is 2.72. The van der Waals surface area contributed by atoms with Gasteiger partial charge in [-0.05, 0) is 43.0 Å². The summed E-state index contributed by atoms with van der Waals surface area (Å²) in [6.45, 7) is 1.06. The number of hydrogen-bond acceptors (Lipinski definition) is 6. The molecule has 29 heavy (non-hydrogen) atoms. The van der Waals surface area contributed by atoms with E-state index < -0.39 is 37.0 Å². The topological polar surface area (TPSA) is 123 Å². The Morgan fingerprint density at radius 1 is 1.07 bits per heavy atom. The van der Waals surface area contributed by atoms with E-state index in [-0.39, 0.29) is 6.04 Å². The standard InChI is InChI=1S/C20H27N3O6/c1-13-5-3-4-6-16(13)22-20(27)23-17(24)12-29-18(25)11-21-19(26)14-7-9-15(28-2)10-8-14/h7-10,13,16H,3-6,11-12H2,1-2H3,(H,21,26)(H2,22,23,24,27)/t13-,16-/m1/s1. The molecular formula is C20H27N3O6. The predicted octanol–water partition coefficient (Wildman–Crippen LogP) is 1.37. The van der Waals surface area contributed by atoms with E-state index in [1.807, 2.05) is 0 Å². The molecule has 4 amide bonds. The second-order valence-electron chi connectivity index (χ2n) is 6.96. The zero-order chi connectivity index (χ0) is 21.2. The fourth-order valence-electron chi connectivity index (χ4n) is 3.09. The Hall–Kier alpha value is -3.10. The highest BCUT2D eigenvalue weighted by Gasteiger charge is 2.23. The summed E-state index contributed by atoms with van der Waals surface area (Å²) in [6, 6.07) is 5.79. The lowest BCUT2D eigenvalue weighted by atomic mass is 9.86. The third-order valence-corrected chi connectivity index (χ3v) is 4.79. The summed E-state index contributed by atoms with van der Waals surface area (Å²) in [6.07, 6.45) is 4.11. The Kier molecular flexibility index (Phi) is 8.45. The fraction of sp³-hybridized carbons (Fsp3) is 0.500. The van der Waals surface area contributed by atoms with Crippen LogP contribution in [0.25, 0.3) is 0 Å². The molecule has 1 aliphatic carbocycles. The molecule has 0 bridgehead atoms. The van der Waals surface area contributed by atoms with E-state index in [4.69, 9.17) is 9.47 Å². The summed E-state index contributed by atoms with van der Waals surface area (Å²) in [5.41, 5.74) is 0.352. The monoisotopic (exact) mass is 405 g/mol. The maximum absolute atomic E-state index is 12.0. The van der Waals surface area contributed by atoms with E-state index in [0.29, 0.717) is 17.2 Å². The molecule has 0 saturated heterocycles. The van der Waals surface area contributed by atoms with Crippen molar-refractivity contribution in [2.24, 2.45) is 5.92 Å². The molecule has 1 saturated carbocycles. The first kappa shape index (κ1) is 22.2. The molecule has 0 spiro atoms. The Bertz CT molecular complexity index is 734. The maximum atomic E-state index is 12.0. The van der Waals surface area contributed by atoms with Gasteiger partial charge in [-0.3, -0.25) is 19.7 Å². The van der Waals surface area contributed by atoms with Crippen molar-refractivity contribution in [2.75, 3.05) is 20.3 Å². The minimum Gasteiger partial charge on any atom is -0.497 e.